The van der Waals surface area contributed by atoms with Crippen LogP contribution in [0.1, 0.15) is 28.2 Å². The highest BCUT2D eigenvalue weighted by Gasteiger charge is 2.34. The van der Waals surface area contributed by atoms with Gasteiger partial charge < -0.3 is 19.7 Å². The van der Waals surface area contributed by atoms with Crippen molar-refractivity contribution in [1.82, 2.24) is 15.1 Å². The van der Waals surface area contributed by atoms with Crippen LogP contribution in [0, 0.1) is 0 Å². The fourth-order valence-corrected chi connectivity index (χ4v) is 4.43. The molecule has 3 aromatic rings. The number of rotatable bonds is 5. The number of benzene rings is 2. The molecule has 0 spiro atoms. The molecule has 1 aliphatic carbocycles. The van der Waals surface area contributed by atoms with E-state index in [4.69, 9.17) is 9.47 Å². The van der Waals surface area contributed by atoms with Gasteiger partial charge in [0.15, 0.2) is 18.4 Å². The minimum Gasteiger partial charge on any atom is -0.477 e. The molecule has 2 aromatic carbocycles. The zero-order valence-electron chi connectivity index (χ0n) is 18.7. The number of ether oxygens (including phenoxy) is 2. The molecular weight excluding hydrogens is 436 g/mol. The zero-order chi connectivity index (χ0) is 23.7. The normalized spacial score (nSPS) is 16.3. The number of esters is 1. The molecule has 1 unspecified atom stereocenters. The molecule has 1 aliphatic heterocycles. The van der Waals surface area contributed by atoms with Crippen LogP contribution in [-0.4, -0.2) is 53.9 Å². The molecule has 0 saturated carbocycles. The largest absolute Gasteiger partial charge is 0.477 e. The fraction of sp³-hybridized carbons (Fsp3) is 0.280. The number of fused-ring (bicyclic) bond motifs is 2. The Labute approximate surface area is 196 Å². The summed E-state index contributed by atoms with van der Waals surface area (Å²) in [4.78, 5) is 39.6. The SMILES string of the molecule is CNC(=O)C1CN(C(=O)COC(=O)c2nn(-c3ccccc3)c3c2CCC3)c2ccccc2O1. The molecule has 1 atom stereocenters. The van der Waals surface area contributed by atoms with E-state index in [0.29, 0.717) is 11.4 Å². The van der Waals surface area contributed by atoms with Gasteiger partial charge in [0.25, 0.3) is 11.8 Å². The van der Waals surface area contributed by atoms with Crippen molar-refractivity contribution in [3.8, 4) is 11.4 Å². The maximum absolute atomic E-state index is 13.0. The number of nitrogens with zero attached hydrogens (tertiary/aromatic N) is 3. The number of hydrogen-bond donors (Lipinski definition) is 1. The lowest BCUT2D eigenvalue weighted by molar-refractivity contribution is -0.128. The summed E-state index contributed by atoms with van der Waals surface area (Å²) in [6, 6.07) is 16.6. The topological polar surface area (TPSA) is 103 Å². The van der Waals surface area contributed by atoms with Crippen molar-refractivity contribution in [3.05, 3.63) is 71.5 Å². The number of para-hydroxylation sites is 3. The molecular formula is C25H24N4O5. The van der Waals surface area contributed by atoms with Crippen molar-refractivity contribution in [2.24, 2.45) is 0 Å². The summed E-state index contributed by atoms with van der Waals surface area (Å²) >= 11 is 0. The average Bonchev–Trinajstić information content (AvgIpc) is 3.49. The molecule has 0 fully saturated rings. The minimum absolute atomic E-state index is 0.0190. The molecule has 0 bridgehead atoms. The molecule has 0 radical (unpaired) electrons. The lowest BCUT2D eigenvalue weighted by Gasteiger charge is -2.33. The van der Waals surface area contributed by atoms with Gasteiger partial charge in [0.05, 0.1) is 17.9 Å². The Hall–Kier alpha value is -4.14. The van der Waals surface area contributed by atoms with Gasteiger partial charge in [-0.05, 0) is 43.5 Å². The van der Waals surface area contributed by atoms with Crippen molar-refractivity contribution >= 4 is 23.5 Å². The number of carbonyl (C=O) groups excluding carboxylic acids is 3. The predicted octanol–water partition coefficient (Wildman–Crippen LogP) is 2.06. The van der Waals surface area contributed by atoms with E-state index in [9.17, 15) is 14.4 Å². The van der Waals surface area contributed by atoms with Crippen molar-refractivity contribution in [2.75, 3.05) is 25.1 Å². The minimum atomic E-state index is -0.857. The van der Waals surface area contributed by atoms with Gasteiger partial charge in [-0.1, -0.05) is 30.3 Å². The van der Waals surface area contributed by atoms with Crippen LogP contribution in [0.5, 0.6) is 5.75 Å². The number of amides is 2. The third kappa shape index (κ3) is 3.89. The molecule has 34 heavy (non-hydrogen) atoms. The summed E-state index contributed by atoms with van der Waals surface area (Å²) in [5, 5.41) is 7.06. The van der Waals surface area contributed by atoms with Crippen LogP contribution in [0.4, 0.5) is 5.69 Å². The Morgan fingerprint density at radius 2 is 1.85 bits per heavy atom. The van der Waals surface area contributed by atoms with Crippen LogP contribution < -0.4 is 15.0 Å². The van der Waals surface area contributed by atoms with Gasteiger partial charge in [0.2, 0.25) is 0 Å². The molecule has 5 rings (SSSR count). The first kappa shape index (κ1) is 21.7. The summed E-state index contributed by atoms with van der Waals surface area (Å²) in [6.45, 7) is -0.453. The van der Waals surface area contributed by atoms with E-state index < -0.39 is 24.6 Å². The molecule has 174 valence electrons. The summed E-state index contributed by atoms with van der Waals surface area (Å²) in [5.74, 6) is -1.00. The maximum atomic E-state index is 13.0. The molecule has 9 nitrogen and oxygen atoms in total. The summed E-state index contributed by atoms with van der Waals surface area (Å²) in [7, 11) is 1.51. The molecule has 1 aromatic heterocycles. The van der Waals surface area contributed by atoms with Crippen LogP contribution in [0.25, 0.3) is 5.69 Å². The molecule has 2 aliphatic rings. The van der Waals surface area contributed by atoms with Gasteiger partial charge in [-0.25, -0.2) is 9.48 Å². The van der Waals surface area contributed by atoms with E-state index in [0.717, 1.165) is 36.2 Å². The van der Waals surface area contributed by atoms with E-state index in [1.165, 1.54) is 11.9 Å². The molecule has 2 heterocycles. The van der Waals surface area contributed by atoms with Crippen LogP contribution in [0.2, 0.25) is 0 Å². The number of hydrogen-bond acceptors (Lipinski definition) is 6. The quantitative estimate of drug-likeness (QED) is 0.585. The second-order valence-electron chi connectivity index (χ2n) is 8.14. The van der Waals surface area contributed by atoms with E-state index >= 15 is 0 Å². The summed E-state index contributed by atoms with van der Waals surface area (Å²) in [5.41, 5.74) is 3.52. The second-order valence-corrected chi connectivity index (χ2v) is 8.14. The third-order valence-electron chi connectivity index (χ3n) is 6.06. The fourth-order valence-electron chi connectivity index (χ4n) is 4.43. The molecule has 9 heteroatoms. The number of likely N-dealkylation sites (N-methyl/N-ethyl adjacent to an activating group) is 1. The van der Waals surface area contributed by atoms with E-state index in [-0.39, 0.29) is 18.1 Å². The monoisotopic (exact) mass is 460 g/mol. The average molecular weight is 460 g/mol. The van der Waals surface area contributed by atoms with Gasteiger partial charge in [-0.2, -0.15) is 5.10 Å². The number of carbonyl (C=O) groups is 3. The highest BCUT2D eigenvalue weighted by Crippen LogP contribution is 2.33. The second kappa shape index (κ2) is 9.01. The van der Waals surface area contributed by atoms with Crippen LogP contribution in [-0.2, 0) is 27.2 Å². The Morgan fingerprint density at radius 1 is 1.09 bits per heavy atom. The summed E-state index contributed by atoms with van der Waals surface area (Å²) in [6.07, 6.45) is 1.65. The van der Waals surface area contributed by atoms with Gasteiger partial charge in [0, 0.05) is 18.3 Å². The first-order valence-electron chi connectivity index (χ1n) is 11.2. The van der Waals surface area contributed by atoms with Crippen molar-refractivity contribution < 1.29 is 23.9 Å². The number of anilines is 1. The Balaban J connectivity index is 1.34. The van der Waals surface area contributed by atoms with Crippen molar-refractivity contribution in [2.45, 2.75) is 25.4 Å². The van der Waals surface area contributed by atoms with Crippen LogP contribution in [0.15, 0.2) is 54.6 Å². The first-order valence-corrected chi connectivity index (χ1v) is 11.2. The Kier molecular flexibility index (Phi) is 5.75. The third-order valence-corrected chi connectivity index (χ3v) is 6.06. The zero-order valence-corrected chi connectivity index (χ0v) is 18.7. The van der Waals surface area contributed by atoms with Gasteiger partial charge in [0.1, 0.15) is 5.75 Å². The Bertz CT molecular complexity index is 1250. The van der Waals surface area contributed by atoms with Gasteiger partial charge >= 0.3 is 5.97 Å². The molecule has 1 N–H and O–H groups in total. The van der Waals surface area contributed by atoms with Crippen molar-refractivity contribution in [1.29, 1.82) is 0 Å². The van der Waals surface area contributed by atoms with Crippen LogP contribution >= 0.6 is 0 Å². The van der Waals surface area contributed by atoms with Gasteiger partial charge in [-0.15, -0.1) is 0 Å². The smallest absolute Gasteiger partial charge is 0.359 e. The Morgan fingerprint density at radius 3 is 2.65 bits per heavy atom. The van der Waals surface area contributed by atoms with Crippen molar-refractivity contribution in [3.63, 3.8) is 0 Å². The highest BCUT2D eigenvalue weighted by molar-refractivity contribution is 5.99. The van der Waals surface area contributed by atoms with E-state index in [1.54, 1.807) is 28.9 Å². The number of aromatic nitrogens is 2. The predicted molar refractivity (Wildman–Crippen MR) is 123 cm³/mol. The lowest BCUT2D eigenvalue weighted by atomic mass is 10.1. The first-order chi connectivity index (χ1) is 16.6. The molecule has 0 saturated heterocycles. The van der Waals surface area contributed by atoms with Gasteiger partial charge in [-0.3, -0.25) is 9.59 Å². The molecule has 2 amide bonds. The van der Waals surface area contributed by atoms with E-state index in [1.807, 2.05) is 30.3 Å². The van der Waals surface area contributed by atoms with Crippen LogP contribution in [0.3, 0.4) is 0 Å². The maximum Gasteiger partial charge on any atom is 0.359 e. The standard InChI is InChI=1S/C25H24N4O5/c1-26-24(31)21-14-28(19-11-5-6-13-20(19)34-21)22(30)15-33-25(32)23-17-10-7-12-18(17)29(27-23)16-8-3-2-4-9-16/h2-6,8-9,11,13,21H,7,10,12,14-15H2,1H3,(H,26,31). The highest BCUT2D eigenvalue weighted by atomic mass is 16.5. The summed E-state index contributed by atoms with van der Waals surface area (Å²) < 4.78 is 12.9. The number of nitrogens with one attached hydrogen (secondary N) is 1. The lowest BCUT2D eigenvalue weighted by Crippen LogP contribution is -2.51. The van der Waals surface area contributed by atoms with E-state index in [2.05, 4.69) is 10.4 Å².